The zero-order valence-electron chi connectivity index (χ0n) is 43.3. The van der Waals surface area contributed by atoms with E-state index in [1.165, 1.54) is 6.92 Å². The molecule has 0 aliphatic carbocycles. The van der Waals surface area contributed by atoms with Gasteiger partial charge in [-0.1, -0.05) is 48.5 Å². The number of fused-ring (bicyclic) bond motifs is 1. The Balaban J connectivity index is 1.92. The number of carboxylic acid groups (broad SMARTS) is 1. The van der Waals surface area contributed by atoms with Crippen LogP contribution in [0.4, 0.5) is 0 Å². The quantitative estimate of drug-likeness (QED) is 0.0121. The molecule has 0 aliphatic heterocycles. The third-order valence-corrected chi connectivity index (χ3v) is 11.9. The van der Waals surface area contributed by atoms with E-state index in [1.54, 1.807) is 30.3 Å². The maximum Gasteiger partial charge on any atom is 0.326 e. The largest absolute Gasteiger partial charge is 0.480 e. The lowest BCUT2D eigenvalue weighted by Gasteiger charge is -2.27. The number of aliphatic carboxylic acids is 1. The highest BCUT2D eigenvalue weighted by atomic mass is 16.4. The first-order valence-electron chi connectivity index (χ1n) is 25.1. The molecule has 27 nitrogen and oxygen atoms in total. The minimum Gasteiger partial charge on any atom is -0.480 e. The average Bonchev–Trinajstić information content (AvgIpc) is 3.78. The summed E-state index contributed by atoms with van der Waals surface area (Å²) in [5.74, 6) is -7.83. The Hall–Kier alpha value is -8.78. The van der Waals surface area contributed by atoms with Crippen molar-refractivity contribution in [2.24, 2.45) is 38.7 Å². The lowest BCUT2D eigenvalue weighted by Crippen LogP contribution is -2.59. The highest BCUT2D eigenvalue weighted by molar-refractivity contribution is 5.97. The number of nitrogens with two attached hydrogens (primary N) is 5. The molecule has 0 saturated carbocycles. The molecule has 0 radical (unpaired) electrons. The van der Waals surface area contributed by atoms with Gasteiger partial charge in [-0.2, -0.15) is 0 Å². The average molecular weight is 1080 g/mol. The lowest BCUT2D eigenvalue weighted by atomic mass is 10.0. The Labute approximate surface area is 445 Å². The van der Waals surface area contributed by atoms with Crippen LogP contribution in [0.25, 0.3) is 10.9 Å². The van der Waals surface area contributed by atoms with Gasteiger partial charge in [-0.05, 0) is 81.9 Å². The molecule has 20 N–H and O–H groups in total. The second-order valence-corrected chi connectivity index (χ2v) is 18.3. The van der Waals surface area contributed by atoms with E-state index in [9.17, 15) is 53.1 Å². The summed E-state index contributed by atoms with van der Waals surface area (Å²) in [7, 11) is 0. The zero-order valence-corrected chi connectivity index (χ0v) is 43.3. The molecule has 0 saturated heterocycles. The molecule has 1 aromatic heterocycles. The number of aliphatic imine (C=N–C) groups is 2. The summed E-state index contributed by atoms with van der Waals surface area (Å²) >= 11 is 0. The predicted octanol–water partition coefficient (Wildman–Crippen LogP) is -2.85. The van der Waals surface area contributed by atoms with E-state index in [0.29, 0.717) is 12.0 Å². The van der Waals surface area contributed by atoms with Gasteiger partial charge in [0.25, 0.3) is 0 Å². The Bertz CT molecular complexity index is 2530. The molecule has 0 fully saturated rings. The van der Waals surface area contributed by atoms with E-state index in [-0.39, 0.29) is 89.3 Å². The number of guanidine groups is 2. The van der Waals surface area contributed by atoms with E-state index in [0.717, 1.165) is 16.5 Å². The summed E-state index contributed by atoms with van der Waals surface area (Å²) in [6.45, 7) is 3.19. The molecule has 3 aromatic rings. The second kappa shape index (κ2) is 33.2. The number of carbonyl (C=O) groups is 10. The van der Waals surface area contributed by atoms with Crippen molar-refractivity contribution in [1.82, 2.24) is 47.5 Å². The number of aromatic nitrogens is 1. The van der Waals surface area contributed by atoms with Crippen LogP contribution in [0.15, 0.2) is 70.8 Å². The number of H-pyrrole nitrogens is 1. The predicted molar refractivity (Wildman–Crippen MR) is 285 cm³/mol. The lowest BCUT2D eigenvalue weighted by molar-refractivity contribution is -0.140. The van der Waals surface area contributed by atoms with Gasteiger partial charge in [-0.15, -0.1) is 0 Å². The van der Waals surface area contributed by atoms with Gasteiger partial charge in [0.2, 0.25) is 53.7 Å². The fourth-order valence-electron chi connectivity index (χ4n) is 8.05. The van der Waals surface area contributed by atoms with E-state index in [4.69, 9.17) is 28.7 Å². The van der Waals surface area contributed by atoms with E-state index >= 15 is 0 Å². The Kier molecular flexibility index (Phi) is 27.0. The molecule has 27 heteroatoms. The van der Waals surface area contributed by atoms with Crippen molar-refractivity contribution in [2.75, 3.05) is 19.6 Å². The highest BCUT2D eigenvalue weighted by Gasteiger charge is 2.33. The molecule has 77 heavy (non-hydrogen) atoms. The van der Waals surface area contributed by atoms with Gasteiger partial charge >= 0.3 is 5.97 Å². The van der Waals surface area contributed by atoms with Crippen molar-refractivity contribution in [1.29, 1.82) is 0 Å². The Morgan fingerprint density at radius 1 is 0.597 bits per heavy atom. The van der Waals surface area contributed by atoms with E-state index in [2.05, 4.69) is 57.5 Å². The summed E-state index contributed by atoms with van der Waals surface area (Å²) in [6, 6.07) is 7.77. The molecular weight excluding hydrogens is 1000 g/mol. The first-order valence-corrected chi connectivity index (χ1v) is 25.1. The van der Waals surface area contributed by atoms with Gasteiger partial charge in [0.1, 0.15) is 36.3 Å². The van der Waals surface area contributed by atoms with Gasteiger partial charge in [0.15, 0.2) is 11.9 Å². The molecule has 0 unspecified atom stereocenters. The fraction of sp³-hybridized carbons (Fsp3) is 0.480. The SMILES string of the molecule is CC(=O)N[C@@H](CCCN=C(N)N)C(=O)N[C@@H](CCC(=O)NCCC[C@H](NC=O)C(=O)O)C(=O)N[C@@H](CCC(N)=O)C(=O)N[C@H](Cc1ccccc1)C(=O)N[C@@H](CCCN=C(N)N)C(=O)N[C@H](C)Cc1c[nH]c2ccccc12. The minimum atomic E-state index is -1.59. The third-order valence-electron chi connectivity index (χ3n) is 11.9. The molecule has 420 valence electrons. The first kappa shape index (κ1) is 62.5. The molecule has 3 rings (SSSR count). The molecule has 9 amide bonds. The number of hydrogen-bond donors (Lipinski definition) is 15. The standard InChI is InChI=1S/C50H74N16O11/c1-29(25-32-27-59-34-14-7-6-13-33(32)34)61-43(71)36(16-9-24-58-50(54)55)63-47(75)40(26-31-11-4-3-5-12-31)66-46(74)37(18-20-41(51)69)64-45(73)38(19-21-42(70)56-22-10-17-39(48(76)77)60-28-67)65-44(72)35(62-30(2)68)15-8-23-57-49(52)53/h3-7,11-14,27-29,35-40,59H,8-10,15-26H2,1-2H3,(H2,51,69)(H,56,70)(H,60,67)(H,61,71)(H,62,68)(H,63,75)(H,64,73)(H,65,72)(H,66,74)(H,76,77)(H4,52,53,57)(H4,54,55,58)/t29-,35+,36+,37+,38+,39+,40-/m1/s1. The molecular formula is C50H74N16O11. The van der Waals surface area contributed by atoms with Crippen molar-refractivity contribution in [2.45, 2.75) is 133 Å². The van der Waals surface area contributed by atoms with Crippen LogP contribution < -0.4 is 71.2 Å². The number of rotatable bonds is 36. The van der Waals surface area contributed by atoms with E-state index < -0.39 is 115 Å². The van der Waals surface area contributed by atoms with Gasteiger partial charge in [-0.3, -0.25) is 53.1 Å². The van der Waals surface area contributed by atoms with E-state index in [1.807, 2.05) is 37.4 Å². The summed E-state index contributed by atoms with van der Waals surface area (Å²) in [4.78, 5) is 142. The van der Waals surface area contributed by atoms with Crippen molar-refractivity contribution in [3.05, 3.63) is 71.9 Å². The molecule has 0 aliphatic rings. The molecule has 2 aromatic carbocycles. The molecule has 7 atom stereocenters. The summed E-state index contributed by atoms with van der Waals surface area (Å²) < 4.78 is 0. The van der Waals surface area contributed by atoms with Gasteiger partial charge < -0.3 is 81.3 Å². The van der Waals surface area contributed by atoms with Crippen LogP contribution in [0.2, 0.25) is 0 Å². The van der Waals surface area contributed by atoms with Crippen molar-refractivity contribution in [3.63, 3.8) is 0 Å². The molecule has 0 spiro atoms. The smallest absolute Gasteiger partial charge is 0.326 e. The number of amides is 9. The number of para-hydroxylation sites is 1. The number of nitrogens with zero attached hydrogens (tertiary/aromatic N) is 2. The summed E-state index contributed by atoms with van der Waals surface area (Å²) in [5, 5.41) is 31.1. The van der Waals surface area contributed by atoms with Gasteiger partial charge in [0.05, 0.1) is 0 Å². The van der Waals surface area contributed by atoms with Crippen LogP contribution in [0, 0.1) is 0 Å². The number of carbonyl (C=O) groups excluding carboxylic acids is 9. The van der Waals surface area contributed by atoms with Crippen molar-refractivity contribution in [3.8, 4) is 0 Å². The summed E-state index contributed by atoms with van der Waals surface area (Å²) in [5.41, 5.74) is 29.9. The third kappa shape index (κ3) is 24.0. The van der Waals surface area contributed by atoms with Crippen LogP contribution in [0.3, 0.4) is 0 Å². The van der Waals surface area contributed by atoms with Crippen LogP contribution in [0.5, 0.6) is 0 Å². The summed E-state index contributed by atoms with van der Waals surface area (Å²) in [6.07, 6.45) is 1.50. The van der Waals surface area contributed by atoms with Crippen molar-refractivity contribution >= 4 is 82.5 Å². The molecule has 0 bridgehead atoms. The maximum absolute atomic E-state index is 14.5. The van der Waals surface area contributed by atoms with Gasteiger partial charge in [-0.25, -0.2) is 4.79 Å². The number of primary amides is 1. The number of hydrogen-bond acceptors (Lipinski definition) is 12. The highest BCUT2D eigenvalue weighted by Crippen LogP contribution is 2.19. The maximum atomic E-state index is 14.5. The molecule has 1 heterocycles. The fourth-order valence-corrected chi connectivity index (χ4v) is 8.05. The normalized spacial score (nSPS) is 13.5. The number of nitrogens with one attached hydrogen (secondary N) is 9. The first-order chi connectivity index (χ1) is 36.7. The number of aromatic amines is 1. The Morgan fingerprint density at radius 3 is 1.64 bits per heavy atom. The minimum absolute atomic E-state index is 0.00461. The monoisotopic (exact) mass is 1070 g/mol. The zero-order chi connectivity index (χ0) is 56.9. The second-order valence-electron chi connectivity index (χ2n) is 18.3. The number of carboxylic acids is 1. The number of benzene rings is 2. The van der Waals surface area contributed by atoms with Crippen LogP contribution >= 0.6 is 0 Å². The van der Waals surface area contributed by atoms with Gasteiger partial charge in [0, 0.05) is 69.0 Å². The topological polar surface area (TPSA) is 458 Å². The van der Waals surface area contributed by atoms with Crippen LogP contribution in [-0.4, -0.2) is 144 Å². The van der Waals surface area contributed by atoms with Crippen LogP contribution in [0.1, 0.15) is 89.2 Å². The van der Waals surface area contributed by atoms with Crippen LogP contribution in [-0.2, 0) is 60.8 Å². The Morgan fingerprint density at radius 2 is 1.09 bits per heavy atom. The van der Waals surface area contributed by atoms with Crippen molar-refractivity contribution < 1.29 is 53.1 Å².